The Morgan fingerprint density at radius 2 is 1.89 bits per heavy atom. The van der Waals surface area contributed by atoms with Crippen molar-refractivity contribution in [1.82, 2.24) is 15.1 Å². The van der Waals surface area contributed by atoms with E-state index in [-0.39, 0.29) is 23.4 Å². The van der Waals surface area contributed by atoms with E-state index in [1.807, 2.05) is 36.4 Å². The molecule has 3 N–H and O–H groups in total. The van der Waals surface area contributed by atoms with Crippen molar-refractivity contribution in [2.24, 2.45) is 5.92 Å². The number of aromatic nitrogens is 2. The molecule has 7 heteroatoms. The van der Waals surface area contributed by atoms with E-state index in [4.69, 9.17) is 5.11 Å². The van der Waals surface area contributed by atoms with Gasteiger partial charge in [0, 0.05) is 18.3 Å². The largest absolute Gasteiger partial charge is 0.478 e. The van der Waals surface area contributed by atoms with Gasteiger partial charge >= 0.3 is 5.97 Å². The Bertz CT molecular complexity index is 1030. The van der Waals surface area contributed by atoms with Gasteiger partial charge < -0.3 is 15.5 Å². The number of carboxylic acids is 1. The molecule has 2 aromatic carbocycles. The number of rotatable bonds is 5. The Kier molecular flexibility index (Phi) is 4.83. The fourth-order valence-corrected chi connectivity index (χ4v) is 3.84. The van der Waals surface area contributed by atoms with Crippen molar-refractivity contribution in [3.05, 3.63) is 66.0 Å². The first kappa shape index (κ1) is 18.2. The number of aliphatic hydroxyl groups is 1. The third kappa shape index (κ3) is 3.75. The van der Waals surface area contributed by atoms with Crippen LogP contribution >= 0.6 is 0 Å². The molecule has 3 aromatic rings. The van der Waals surface area contributed by atoms with Crippen molar-refractivity contribution in [3.8, 4) is 0 Å². The molecule has 0 bridgehead atoms. The summed E-state index contributed by atoms with van der Waals surface area (Å²) in [6.07, 6.45) is 3.31. The molecule has 1 saturated carbocycles. The first-order valence-electron chi connectivity index (χ1n) is 9.23. The highest BCUT2D eigenvalue weighted by Gasteiger charge is 2.34. The monoisotopic (exact) mass is 379 g/mol. The molecule has 0 aliphatic heterocycles. The van der Waals surface area contributed by atoms with Crippen molar-refractivity contribution in [3.63, 3.8) is 0 Å². The fraction of sp³-hybridized carbons (Fsp3) is 0.286. The third-order valence-corrected chi connectivity index (χ3v) is 5.28. The summed E-state index contributed by atoms with van der Waals surface area (Å²) >= 11 is 0. The van der Waals surface area contributed by atoms with Gasteiger partial charge in [-0.2, -0.15) is 5.10 Å². The fourth-order valence-electron chi connectivity index (χ4n) is 3.84. The first-order valence-corrected chi connectivity index (χ1v) is 9.23. The van der Waals surface area contributed by atoms with E-state index < -0.39 is 12.1 Å². The maximum absolute atomic E-state index is 12.6. The minimum Gasteiger partial charge on any atom is -0.478 e. The number of carbonyl (C=O) groups excluding carboxylic acids is 1. The second-order valence-electron chi connectivity index (χ2n) is 7.30. The van der Waals surface area contributed by atoms with Crippen molar-refractivity contribution in [2.45, 2.75) is 31.5 Å². The van der Waals surface area contributed by atoms with Gasteiger partial charge in [0.05, 0.1) is 23.9 Å². The lowest BCUT2D eigenvalue weighted by atomic mass is 10.1. The van der Waals surface area contributed by atoms with Crippen LogP contribution in [0.3, 0.4) is 0 Å². The van der Waals surface area contributed by atoms with Crippen LogP contribution in [0.4, 0.5) is 0 Å². The van der Waals surface area contributed by atoms with E-state index in [0.717, 1.165) is 10.8 Å². The second kappa shape index (κ2) is 7.44. The number of hydrogen-bond acceptors (Lipinski definition) is 4. The van der Waals surface area contributed by atoms with Gasteiger partial charge in [-0.05, 0) is 41.7 Å². The Morgan fingerprint density at radius 3 is 2.64 bits per heavy atom. The quantitative estimate of drug-likeness (QED) is 0.631. The van der Waals surface area contributed by atoms with Crippen LogP contribution in [0.2, 0.25) is 0 Å². The zero-order valence-electron chi connectivity index (χ0n) is 15.2. The Morgan fingerprint density at radius 1 is 1.11 bits per heavy atom. The normalized spacial score (nSPS) is 21.7. The van der Waals surface area contributed by atoms with Crippen LogP contribution in [0.1, 0.15) is 33.6 Å². The Labute approximate surface area is 161 Å². The number of hydrogen-bond donors (Lipinski definition) is 3. The molecule has 0 saturated heterocycles. The highest BCUT2D eigenvalue weighted by molar-refractivity contribution is 5.98. The predicted molar refractivity (Wildman–Crippen MR) is 103 cm³/mol. The Balaban J connectivity index is 1.40. The molecule has 1 aromatic heterocycles. The van der Waals surface area contributed by atoms with Gasteiger partial charge in [-0.1, -0.05) is 30.3 Å². The Hall–Kier alpha value is -3.19. The maximum atomic E-state index is 12.6. The molecule has 1 aliphatic carbocycles. The number of amides is 1. The van der Waals surface area contributed by atoms with E-state index >= 15 is 0 Å². The zero-order valence-corrected chi connectivity index (χ0v) is 15.2. The smallest absolute Gasteiger partial charge is 0.338 e. The van der Waals surface area contributed by atoms with Gasteiger partial charge in [-0.25, -0.2) is 4.79 Å². The van der Waals surface area contributed by atoms with Gasteiger partial charge in [0.1, 0.15) is 0 Å². The van der Waals surface area contributed by atoms with E-state index in [9.17, 15) is 14.7 Å². The molecule has 1 unspecified atom stereocenters. The number of aliphatic hydroxyl groups excluding tert-OH is 1. The lowest BCUT2D eigenvalue weighted by molar-refractivity contribution is 0.0696. The highest BCUT2D eigenvalue weighted by atomic mass is 16.4. The average molecular weight is 379 g/mol. The molecule has 4 rings (SSSR count). The molecule has 1 aliphatic rings. The molecule has 1 amide bonds. The number of benzene rings is 2. The summed E-state index contributed by atoms with van der Waals surface area (Å²) in [7, 11) is 0. The minimum absolute atomic E-state index is 0.110. The number of carboxylic acid groups (broad SMARTS) is 1. The number of nitrogens with zero attached hydrogens (tertiary/aromatic N) is 2. The molecule has 28 heavy (non-hydrogen) atoms. The molecule has 1 fully saturated rings. The molecule has 7 nitrogen and oxygen atoms in total. The van der Waals surface area contributed by atoms with E-state index in [1.54, 1.807) is 10.7 Å². The zero-order chi connectivity index (χ0) is 19.7. The number of aromatic carboxylic acids is 1. The first-order chi connectivity index (χ1) is 13.5. The molecule has 144 valence electrons. The SMILES string of the molecule is O=C(O)c1cnn(CC2C[C@@H](O)[C@H](NC(=O)c3ccc4ccccc4c3)C2)c1. The molecule has 0 radical (unpaired) electrons. The lowest BCUT2D eigenvalue weighted by Crippen LogP contribution is -2.39. The van der Waals surface area contributed by atoms with Gasteiger partial charge in [-0.3, -0.25) is 9.48 Å². The van der Waals surface area contributed by atoms with E-state index in [0.29, 0.717) is 24.9 Å². The van der Waals surface area contributed by atoms with Crippen LogP contribution in [0.15, 0.2) is 54.9 Å². The molecular weight excluding hydrogens is 358 g/mol. The molecular formula is C21H21N3O4. The summed E-state index contributed by atoms with van der Waals surface area (Å²) in [5.41, 5.74) is 0.701. The maximum Gasteiger partial charge on any atom is 0.338 e. The van der Waals surface area contributed by atoms with E-state index in [1.165, 1.54) is 12.4 Å². The van der Waals surface area contributed by atoms with Crippen LogP contribution in [-0.4, -0.2) is 44.0 Å². The van der Waals surface area contributed by atoms with Crippen LogP contribution in [-0.2, 0) is 6.54 Å². The number of nitrogens with one attached hydrogen (secondary N) is 1. The van der Waals surface area contributed by atoms with E-state index in [2.05, 4.69) is 10.4 Å². The average Bonchev–Trinajstić information content (AvgIpc) is 3.28. The summed E-state index contributed by atoms with van der Waals surface area (Å²) in [5, 5.41) is 28.4. The second-order valence-corrected chi connectivity index (χ2v) is 7.30. The van der Waals surface area contributed by atoms with Crippen molar-refractivity contribution >= 4 is 22.6 Å². The summed E-state index contributed by atoms with van der Waals surface area (Å²) in [6, 6.07) is 13.1. The standard InChI is InChI=1S/C21H21N3O4/c25-19-8-13(11-24-12-17(10-22-24)21(27)28)7-18(19)23-20(26)16-6-5-14-3-1-2-4-15(14)9-16/h1-6,9-10,12-13,18-19,25H,7-8,11H2,(H,23,26)(H,27,28)/t13?,18-,19-/m1/s1. The van der Waals surface area contributed by atoms with Crippen molar-refractivity contribution in [1.29, 1.82) is 0 Å². The summed E-state index contributed by atoms with van der Waals surface area (Å²) in [4.78, 5) is 23.6. The molecule has 0 spiro atoms. The minimum atomic E-state index is -1.02. The van der Waals surface area contributed by atoms with Crippen LogP contribution in [0.25, 0.3) is 10.8 Å². The number of carbonyl (C=O) groups is 2. The third-order valence-electron chi connectivity index (χ3n) is 5.28. The molecule has 1 heterocycles. The highest BCUT2D eigenvalue weighted by Crippen LogP contribution is 2.28. The van der Waals surface area contributed by atoms with Crippen molar-refractivity contribution < 1.29 is 19.8 Å². The topological polar surface area (TPSA) is 104 Å². The van der Waals surface area contributed by atoms with Crippen LogP contribution in [0.5, 0.6) is 0 Å². The van der Waals surface area contributed by atoms with Gasteiger partial charge in [0.25, 0.3) is 5.91 Å². The predicted octanol–water partition coefficient (Wildman–Crippen LogP) is 2.30. The lowest BCUT2D eigenvalue weighted by Gasteiger charge is -2.16. The summed E-state index contributed by atoms with van der Waals surface area (Å²) in [5.74, 6) is -1.11. The van der Waals surface area contributed by atoms with Crippen molar-refractivity contribution in [2.75, 3.05) is 0 Å². The van der Waals surface area contributed by atoms with Gasteiger partial charge in [0.15, 0.2) is 0 Å². The molecule has 3 atom stereocenters. The summed E-state index contributed by atoms with van der Waals surface area (Å²) < 4.78 is 1.58. The summed E-state index contributed by atoms with van der Waals surface area (Å²) in [6.45, 7) is 0.507. The van der Waals surface area contributed by atoms with Crippen LogP contribution < -0.4 is 5.32 Å². The number of fused-ring (bicyclic) bond motifs is 1. The van der Waals surface area contributed by atoms with Crippen LogP contribution in [0, 0.1) is 5.92 Å². The van der Waals surface area contributed by atoms with Gasteiger partial charge in [-0.15, -0.1) is 0 Å². The van der Waals surface area contributed by atoms with Gasteiger partial charge in [0.2, 0.25) is 0 Å².